The third-order valence-electron chi connectivity index (χ3n) is 4.06. The fraction of sp³-hybridized carbons (Fsp3) is 0.190. The molecule has 0 atom stereocenters. The van der Waals surface area contributed by atoms with Crippen LogP contribution in [0.4, 0.5) is 0 Å². The first-order valence-electron chi connectivity index (χ1n) is 7.86. The predicted molar refractivity (Wildman–Crippen MR) is 96.1 cm³/mol. The Bertz CT molecular complexity index is 746. The third-order valence-corrected chi connectivity index (χ3v) is 4.06. The number of rotatable bonds is 3. The topological polar surface area (TPSA) is 12.4 Å². The van der Waals surface area contributed by atoms with E-state index in [0.29, 0.717) is 0 Å². The molecule has 0 saturated carbocycles. The molecule has 1 aliphatic heterocycles. The fourth-order valence-corrected chi connectivity index (χ4v) is 2.66. The summed E-state index contributed by atoms with van der Waals surface area (Å²) in [6.07, 6.45) is 8.24. The summed E-state index contributed by atoms with van der Waals surface area (Å²) in [6.45, 7) is 4.30. The fourth-order valence-electron chi connectivity index (χ4n) is 2.66. The van der Waals surface area contributed by atoms with E-state index in [9.17, 15) is 0 Å². The summed E-state index contributed by atoms with van der Waals surface area (Å²) in [6, 6.07) is 17.3. The van der Waals surface area contributed by atoms with E-state index in [1.165, 1.54) is 27.8 Å². The van der Waals surface area contributed by atoms with Gasteiger partial charge >= 0.3 is 0 Å². The summed E-state index contributed by atoms with van der Waals surface area (Å²) < 4.78 is 0. The minimum atomic E-state index is 0.911. The zero-order chi connectivity index (χ0) is 15.4. The predicted octanol–water partition coefficient (Wildman–Crippen LogP) is 5.46. The quantitative estimate of drug-likeness (QED) is 0.711. The second-order valence-electron chi connectivity index (χ2n) is 5.68. The summed E-state index contributed by atoms with van der Waals surface area (Å²) in [5.41, 5.74) is 7.49. The van der Waals surface area contributed by atoms with Crippen molar-refractivity contribution in [3.63, 3.8) is 0 Å². The van der Waals surface area contributed by atoms with Gasteiger partial charge in [0.2, 0.25) is 0 Å². The van der Waals surface area contributed by atoms with E-state index < -0.39 is 0 Å². The zero-order valence-electron chi connectivity index (χ0n) is 13.2. The molecule has 3 rings (SSSR count). The van der Waals surface area contributed by atoms with E-state index in [4.69, 9.17) is 0 Å². The lowest BCUT2D eigenvalue weighted by molar-refractivity contribution is 1.14. The molecule has 0 aromatic heterocycles. The van der Waals surface area contributed by atoms with Crippen LogP contribution in [0.15, 0.2) is 65.7 Å². The molecule has 1 aliphatic rings. The molecule has 0 bridgehead atoms. The summed E-state index contributed by atoms with van der Waals surface area (Å²) in [5.74, 6) is 0. The highest BCUT2D eigenvalue weighted by molar-refractivity contribution is 5.91. The van der Waals surface area contributed by atoms with Gasteiger partial charge in [0, 0.05) is 11.8 Å². The lowest BCUT2D eigenvalue weighted by Gasteiger charge is -2.05. The molecule has 0 saturated heterocycles. The van der Waals surface area contributed by atoms with Crippen molar-refractivity contribution in [1.82, 2.24) is 0 Å². The Morgan fingerprint density at radius 1 is 1.00 bits per heavy atom. The van der Waals surface area contributed by atoms with E-state index in [0.717, 1.165) is 18.5 Å². The molecule has 1 nitrogen and oxygen atoms in total. The smallest absolute Gasteiger partial charge is 0.0665 e. The Hall–Kier alpha value is -2.41. The molecule has 0 N–H and O–H groups in total. The van der Waals surface area contributed by atoms with Gasteiger partial charge in [-0.2, -0.15) is 0 Å². The third kappa shape index (κ3) is 3.25. The number of allylic oxidation sites excluding steroid dienone is 3. The molecule has 2 aromatic rings. The molecule has 22 heavy (non-hydrogen) atoms. The van der Waals surface area contributed by atoms with Crippen molar-refractivity contribution in [2.24, 2.45) is 4.99 Å². The first-order valence-corrected chi connectivity index (χ1v) is 7.86. The van der Waals surface area contributed by atoms with Gasteiger partial charge in [-0.15, -0.1) is 0 Å². The molecule has 1 heterocycles. The Labute approximate surface area is 132 Å². The molecule has 0 aliphatic carbocycles. The maximum Gasteiger partial charge on any atom is 0.0665 e. The normalized spacial score (nSPS) is 14.3. The zero-order valence-corrected chi connectivity index (χ0v) is 13.2. The van der Waals surface area contributed by atoms with Crippen LogP contribution >= 0.6 is 0 Å². The molecule has 0 amide bonds. The molecule has 0 radical (unpaired) electrons. The van der Waals surface area contributed by atoms with Gasteiger partial charge in [-0.05, 0) is 48.6 Å². The van der Waals surface area contributed by atoms with Crippen LogP contribution in [0.25, 0.3) is 11.3 Å². The second kappa shape index (κ2) is 6.57. The minimum Gasteiger partial charge on any atom is -0.257 e. The van der Waals surface area contributed by atoms with Crippen molar-refractivity contribution in [1.29, 1.82) is 0 Å². The maximum atomic E-state index is 4.62. The SMILES string of the molecule is CCc1cccc(C2=CCC(c3ccc(C)cc3)=CC=N2)c1. The van der Waals surface area contributed by atoms with Crippen molar-refractivity contribution < 1.29 is 0 Å². The molecule has 0 unspecified atom stereocenters. The molecular formula is C21H21N. The van der Waals surface area contributed by atoms with Crippen LogP contribution in [0.3, 0.4) is 0 Å². The van der Waals surface area contributed by atoms with Crippen molar-refractivity contribution in [3.05, 3.63) is 82.9 Å². The lowest BCUT2D eigenvalue weighted by atomic mass is 10.00. The lowest BCUT2D eigenvalue weighted by Crippen LogP contribution is -1.86. The Morgan fingerprint density at radius 3 is 2.59 bits per heavy atom. The first kappa shape index (κ1) is 14.5. The van der Waals surface area contributed by atoms with Crippen molar-refractivity contribution >= 4 is 17.5 Å². The van der Waals surface area contributed by atoms with Gasteiger partial charge in [0.25, 0.3) is 0 Å². The van der Waals surface area contributed by atoms with E-state index in [1.807, 2.05) is 6.21 Å². The van der Waals surface area contributed by atoms with E-state index >= 15 is 0 Å². The summed E-state index contributed by atoms with van der Waals surface area (Å²) >= 11 is 0. The molecule has 0 fully saturated rings. The van der Waals surface area contributed by atoms with Crippen molar-refractivity contribution in [3.8, 4) is 0 Å². The first-order chi connectivity index (χ1) is 10.8. The Kier molecular flexibility index (Phi) is 4.34. The molecule has 1 heteroatoms. The number of benzene rings is 2. The second-order valence-corrected chi connectivity index (χ2v) is 5.68. The van der Waals surface area contributed by atoms with Crippen LogP contribution in [0, 0.1) is 6.92 Å². The average molecular weight is 287 g/mol. The van der Waals surface area contributed by atoms with Crippen LogP contribution in [-0.4, -0.2) is 6.21 Å². The van der Waals surface area contributed by atoms with Crippen LogP contribution in [0.5, 0.6) is 0 Å². The van der Waals surface area contributed by atoms with Crippen molar-refractivity contribution in [2.45, 2.75) is 26.7 Å². The Morgan fingerprint density at radius 2 is 1.82 bits per heavy atom. The Balaban J connectivity index is 1.85. The van der Waals surface area contributed by atoms with Gasteiger partial charge in [0.05, 0.1) is 5.70 Å². The van der Waals surface area contributed by atoms with Crippen LogP contribution < -0.4 is 0 Å². The summed E-state index contributed by atoms with van der Waals surface area (Å²) in [5, 5.41) is 0. The average Bonchev–Trinajstić information content (AvgIpc) is 2.82. The standard InChI is InChI=1S/C21H21N/c1-3-17-5-4-6-20(15-17)21-12-11-19(13-14-22-21)18-9-7-16(2)8-10-18/h4-10,12-15H,3,11H2,1-2H3. The van der Waals surface area contributed by atoms with Gasteiger partial charge in [0.15, 0.2) is 0 Å². The largest absolute Gasteiger partial charge is 0.257 e. The minimum absolute atomic E-state index is 0.911. The highest BCUT2D eigenvalue weighted by Crippen LogP contribution is 2.26. The number of nitrogens with zero attached hydrogens (tertiary/aromatic N) is 1. The number of hydrogen-bond donors (Lipinski definition) is 0. The highest BCUT2D eigenvalue weighted by atomic mass is 14.7. The van der Waals surface area contributed by atoms with E-state index in [2.05, 4.69) is 79.5 Å². The maximum absolute atomic E-state index is 4.62. The van der Waals surface area contributed by atoms with E-state index in [1.54, 1.807) is 0 Å². The van der Waals surface area contributed by atoms with Crippen LogP contribution in [-0.2, 0) is 6.42 Å². The van der Waals surface area contributed by atoms with Crippen LogP contribution in [0.1, 0.15) is 35.6 Å². The van der Waals surface area contributed by atoms with Gasteiger partial charge < -0.3 is 0 Å². The summed E-state index contributed by atoms with van der Waals surface area (Å²) in [4.78, 5) is 4.62. The van der Waals surface area contributed by atoms with Gasteiger partial charge in [-0.1, -0.05) is 61.0 Å². The van der Waals surface area contributed by atoms with Gasteiger partial charge in [-0.25, -0.2) is 0 Å². The highest BCUT2D eigenvalue weighted by Gasteiger charge is 2.06. The molecule has 2 aromatic carbocycles. The molecular weight excluding hydrogens is 266 g/mol. The van der Waals surface area contributed by atoms with Crippen LogP contribution in [0.2, 0.25) is 0 Å². The molecule has 110 valence electrons. The number of hydrogen-bond acceptors (Lipinski definition) is 1. The number of aliphatic imine (C=N–C) groups is 1. The van der Waals surface area contributed by atoms with Gasteiger partial charge in [0.1, 0.15) is 0 Å². The summed E-state index contributed by atoms with van der Waals surface area (Å²) in [7, 11) is 0. The van der Waals surface area contributed by atoms with E-state index in [-0.39, 0.29) is 0 Å². The molecule has 0 spiro atoms. The monoisotopic (exact) mass is 287 g/mol. The van der Waals surface area contributed by atoms with Gasteiger partial charge in [-0.3, -0.25) is 4.99 Å². The van der Waals surface area contributed by atoms with Crippen molar-refractivity contribution in [2.75, 3.05) is 0 Å². The number of aryl methyl sites for hydroxylation is 2.